The van der Waals surface area contributed by atoms with Crippen molar-refractivity contribution < 1.29 is 29.1 Å². The van der Waals surface area contributed by atoms with Crippen LogP contribution in [-0.2, 0) is 29.1 Å². The van der Waals surface area contributed by atoms with Crippen molar-refractivity contribution >= 4 is 11.9 Å². The topological polar surface area (TPSA) is 71.1 Å². The van der Waals surface area contributed by atoms with Crippen LogP contribution >= 0.6 is 0 Å². The summed E-state index contributed by atoms with van der Waals surface area (Å²) in [6.07, 6.45) is 7.14. The summed E-state index contributed by atoms with van der Waals surface area (Å²) in [6, 6.07) is 0. The molecule has 178 valence electrons. The van der Waals surface area contributed by atoms with Crippen molar-refractivity contribution in [3.63, 3.8) is 0 Å². The molecular formula is C24H46O6. The van der Waals surface area contributed by atoms with Gasteiger partial charge in [0.15, 0.2) is 0 Å². The van der Waals surface area contributed by atoms with Gasteiger partial charge in [-0.3, -0.25) is 9.78 Å². The van der Waals surface area contributed by atoms with E-state index in [4.69, 9.17) is 19.6 Å². The molecule has 0 saturated carbocycles. The Morgan fingerprint density at radius 3 is 1.97 bits per heavy atom. The van der Waals surface area contributed by atoms with Crippen molar-refractivity contribution in [1.82, 2.24) is 0 Å². The number of hydrogen-bond donors (Lipinski definition) is 0. The lowest BCUT2D eigenvalue weighted by molar-refractivity contribution is -0.333. The van der Waals surface area contributed by atoms with Crippen LogP contribution in [0, 0.1) is 17.8 Å². The van der Waals surface area contributed by atoms with Gasteiger partial charge in [0.05, 0.1) is 11.8 Å². The Kier molecular flexibility index (Phi) is 15.0. The second kappa shape index (κ2) is 15.6. The summed E-state index contributed by atoms with van der Waals surface area (Å²) in [6.45, 7) is 15.9. The lowest BCUT2D eigenvalue weighted by Crippen LogP contribution is -2.30. The SMILES string of the molecule is CCCCC(CC)C(=O)OOC(C)CCC(C)(C)OOC(=O)C(CC)CC(C)CC. The maximum absolute atomic E-state index is 12.3. The average molecular weight is 431 g/mol. The molecular weight excluding hydrogens is 384 g/mol. The second-order valence-corrected chi connectivity index (χ2v) is 9.19. The monoisotopic (exact) mass is 430 g/mol. The van der Waals surface area contributed by atoms with Crippen molar-refractivity contribution in [2.24, 2.45) is 17.8 Å². The van der Waals surface area contributed by atoms with Crippen LogP contribution in [0.25, 0.3) is 0 Å². The van der Waals surface area contributed by atoms with Crippen molar-refractivity contribution in [2.45, 2.75) is 125 Å². The Hall–Kier alpha value is -1.14. The van der Waals surface area contributed by atoms with E-state index in [1.807, 2.05) is 34.6 Å². The number of carbonyl (C=O) groups is 2. The maximum atomic E-state index is 12.3. The standard InChI is InChI=1S/C24H46O6/c1-9-13-14-20(11-3)22(25)28-27-19(6)15-16-24(7,8)30-29-23(26)21(12-4)17-18(5)10-2/h18-21H,9-17H2,1-8H3. The Labute approximate surface area is 184 Å². The first-order chi connectivity index (χ1) is 14.1. The molecule has 0 fully saturated rings. The highest BCUT2D eigenvalue weighted by molar-refractivity contribution is 5.72. The van der Waals surface area contributed by atoms with Gasteiger partial charge in [-0.25, -0.2) is 9.59 Å². The van der Waals surface area contributed by atoms with Gasteiger partial charge in [-0.1, -0.05) is 53.9 Å². The molecule has 0 aromatic rings. The van der Waals surface area contributed by atoms with E-state index in [1.54, 1.807) is 0 Å². The van der Waals surface area contributed by atoms with Gasteiger partial charge >= 0.3 is 11.9 Å². The fourth-order valence-electron chi connectivity index (χ4n) is 3.08. The molecule has 0 spiro atoms. The Bertz CT molecular complexity index is 476. The van der Waals surface area contributed by atoms with E-state index in [9.17, 15) is 9.59 Å². The minimum Gasteiger partial charge on any atom is -0.298 e. The van der Waals surface area contributed by atoms with E-state index in [1.165, 1.54) is 0 Å². The fourth-order valence-corrected chi connectivity index (χ4v) is 3.08. The zero-order valence-corrected chi connectivity index (χ0v) is 20.6. The first kappa shape index (κ1) is 28.9. The zero-order valence-electron chi connectivity index (χ0n) is 20.6. The van der Waals surface area contributed by atoms with Crippen molar-refractivity contribution in [3.8, 4) is 0 Å². The molecule has 0 radical (unpaired) electrons. The number of carbonyl (C=O) groups excluding carboxylic acids is 2. The maximum Gasteiger partial charge on any atom is 0.345 e. The predicted molar refractivity (Wildman–Crippen MR) is 118 cm³/mol. The van der Waals surface area contributed by atoms with Gasteiger partial charge in [0.1, 0.15) is 11.7 Å². The molecule has 6 heteroatoms. The molecule has 6 nitrogen and oxygen atoms in total. The summed E-state index contributed by atoms with van der Waals surface area (Å²) in [5.74, 6) is -0.378. The summed E-state index contributed by atoms with van der Waals surface area (Å²) < 4.78 is 0. The van der Waals surface area contributed by atoms with Crippen molar-refractivity contribution in [1.29, 1.82) is 0 Å². The predicted octanol–water partition coefficient (Wildman–Crippen LogP) is 6.56. The average Bonchev–Trinajstić information content (AvgIpc) is 2.73. The van der Waals surface area contributed by atoms with Crippen LogP contribution in [0.5, 0.6) is 0 Å². The van der Waals surface area contributed by atoms with E-state index in [2.05, 4.69) is 20.8 Å². The van der Waals surface area contributed by atoms with E-state index < -0.39 is 5.60 Å². The molecule has 4 unspecified atom stereocenters. The van der Waals surface area contributed by atoms with Crippen LogP contribution in [0.4, 0.5) is 0 Å². The van der Waals surface area contributed by atoms with E-state index >= 15 is 0 Å². The van der Waals surface area contributed by atoms with Gasteiger partial charge in [-0.05, 0) is 65.2 Å². The van der Waals surface area contributed by atoms with Gasteiger partial charge in [0, 0.05) is 0 Å². The van der Waals surface area contributed by atoms with Gasteiger partial charge in [0.2, 0.25) is 0 Å². The van der Waals surface area contributed by atoms with Crippen LogP contribution in [-0.4, -0.2) is 23.6 Å². The van der Waals surface area contributed by atoms with Crippen LogP contribution < -0.4 is 0 Å². The van der Waals surface area contributed by atoms with E-state index in [0.717, 1.165) is 44.9 Å². The van der Waals surface area contributed by atoms with Crippen molar-refractivity contribution in [2.75, 3.05) is 0 Å². The highest BCUT2D eigenvalue weighted by Crippen LogP contribution is 2.23. The summed E-state index contributed by atoms with van der Waals surface area (Å²) in [7, 11) is 0. The number of rotatable bonds is 17. The minimum absolute atomic E-state index is 0.113. The molecule has 0 aliphatic heterocycles. The number of hydrogen-bond acceptors (Lipinski definition) is 6. The fraction of sp³-hybridized carbons (Fsp3) is 0.917. The van der Waals surface area contributed by atoms with Crippen molar-refractivity contribution in [3.05, 3.63) is 0 Å². The molecule has 0 aromatic carbocycles. The van der Waals surface area contributed by atoms with Crippen LogP contribution in [0.1, 0.15) is 113 Å². The minimum atomic E-state index is -0.654. The molecule has 0 heterocycles. The zero-order chi connectivity index (χ0) is 23.2. The van der Waals surface area contributed by atoms with Gasteiger partial charge in [-0.15, -0.1) is 0 Å². The Morgan fingerprint density at radius 1 is 0.833 bits per heavy atom. The van der Waals surface area contributed by atoms with Crippen LogP contribution in [0.2, 0.25) is 0 Å². The normalized spacial score (nSPS) is 15.9. The molecule has 4 atom stereocenters. The molecule has 0 aliphatic rings. The lowest BCUT2D eigenvalue weighted by atomic mass is 9.92. The first-order valence-corrected chi connectivity index (χ1v) is 11.9. The first-order valence-electron chi connectivity index (χ1n) is 11.9. The van der Waals surface area contributed by atoms with Crippen LogP contribution in [0.15, 0.2) is 0 Å². The van der Waals surface area contributed by atoms with Gasteiger partial charge in [0.25, 0.3) is 0 Å². The molecule has 0 aliphatic carbocycles. The molecule has 0 aromatic heterocycles. The highest BCUT2D eigenvalue weighted by atomic mass is 17.2. The van der Waals surface area contributed by atoms with Crippen LogP contribution in [0.3, 0.4) is 0 Å². The smallest absolute Gasteiger partial charge is 0.298 e. The lowest BCUT2D eigenvalue weighted by Gasteiger charge is -2.25. The molecule has 0 rings (SSSR count). The third-order valence-corrected chi connectivity index (χ3v) is 5.74. The molecule has 0 N–H and O–H groups in total. The highest BCUT2D eigenvalue weighted by Gasteiger charge is 2.27. The van der Waals surface area contributed by atoms with Gasteiger partial charge < -0.3 is 0 Å². The Morgan fingerprint density at radius 2 is 1.43 bits per heavy atom. The third-order valence-electron chi connectivity index (χ3n) is 5.74. The third kappa shape index (κ3) is 12.5. The molecule has 0 amide bonds. The molecule has 0 saturated heterocycles. The Balaban J connectivity index is 4.33. The van der Waals surface area contributed by atoms with E-state index in [0.29, 0.717) is 18.8 Å². The summed E-state index contributed by atoms with van der Waals surface area (Å²) in [4.78, 5) is 45.4. The van der Waals surface area contributed by atoms with Gasteiger partial charge in [-0.2, -0.15) is 9.78 Å². The molecule has 0 bridgehead atoms. The second-order valence-electron chi connectivity index (χ2n) is 9.19. The van der Waals surface area contributed by atoms with E-state index in [-0.39, 0.29) is 29.9 Å². The quantitative estimate of drug-likeness (QED) is 0.192. The summed E-state index contributed by atoms with van der Waals surface area (Å²) >= 11 is 0. The molecule has 30 heavy (non-hydrogen) atoms. The summed E-state index contributed by atoms with van der Waals surface area (Å²) in [5.41, 5.74) is -0.654. The number of unbranched alkanes of at least 4 members (excludes halogenated alkanes) is 1. The largest absolute Gasteiger partial charge is 0.345 e. The summed E-state index contributed by atoms with van der Waals surface area (Å²) in [5, 5.41) is 0.